The van der Waals surface area contributed by atoms with Gasteiger partial charge < -0.3 is 10.6 Å². The summed E-state index contributed by atoms with van der Waals surface area (Å²) in [4.78, 5) is 26.7. The summed E-state index contributed by atoms with van der Waals surface area (Å²) in [7, 11) is 0. The lowest BCUT2D eigenvalue weighted by atomic mass is 9.98. The van der Waals surface area contributed by atoms with Gasteiger partial charge in [-0.05, 0) is 37.0 Å². The second kappa shape index (κ2) is 8.27. The van der Waals surface area contributed by atoms with Crippen molar-refractivity contribution in [2.24, 2.45) is 16.6 Å². The van der Waals surface area contributed by atoms with E-state index in [0.29, 0.717) is 23.1 Å². The maximum absolute atomic E-state index is 11.5. The lowest BCUT2D eigenvalue weighted by Gasteiger charge is -2.31. The topological polar surface area (TPSA) is 84.5 Å². The highest BCUT2D eigenvalue weighted by Crippen LogP contribution is 2.20. The summed E-state index contributed by atoms with van der Waals surface area (Å²) >= 11 is 5.96. The summed E-state index contributed by atoms with van der Waals surface area (Å²) in [5, 5.41) is 0.427. The fourth-order valence-electron chi connectivity index (χ4n) is 3.15. The number of amides is 1. The Labute approximate surface area is 157 Å². The zero-order valence-electron chi connectivity index (χ0n) is 14.7. The maximum atomic E-state index is 11.5. The molecule has 1 aliphatic heterocycles. The molecular weight excluding hydrogens is 350 g/mol. The average molecular weight is 372 g/mol. The van der Waals surface area contributed by atoms with Gasteiger partial charge in [0.1, 0.15) is 5.15 Å². The molecule has 136 valence electrons. The Hall–Kier alpha value is -2.47. The second-order valence-corrected chi connectivity index (χ2v) is 6.87. The Morgan fingerprint density at radius 2 is 2.31 bits per heavy atom. The number of fused-ring (bicyclic) bond motifs is 1. The van der Waals surface area contributed by atoms with Crippen LogP contribution in [-0.4, -0.2) is 46.6 Å². The van der Waals surface area contributed by atoms with Gasteiger partial charge in [0, 0.05) is 56.3 Å². The van der Waals surface area contributed by atoms with Crippen LogP contribution in [0, 0.1) is 5.92 Å². The van der Waals surface area contributed by atoms with E-state index >= 15 is 0 Å². The number of hydrogen-bond donors (Lipinski definition) is 1. The number of pyridine rings is 2. The summed E-state index contributed by atoms with van der Waals surface area (Å²) in [6.45, 7) is 3.91. The molecule has 0 spiro atoms. The Morgan fingerprint density at radius 1 is 1.46 bits per heavy atom. The molecule has 1 unspecified atom stereocenters. The van der Waals surface area contributed by atoms with Crippen molar-refractivity contribution in [1.29, 1.82) is 0 Å². The second-order valence-electron chi connectivity index (χ2n) is 6.49. The number of halogens is 1. The maximum Gasteiger partial charge on any atom is 0.219 e. The van der Waals surface area contributed by atoms with Crippen LogP contribution in [0.15, 0.2) is 35.6 Å². The number of carbonyl (C=O) groups excluding carboxylic acids is 1. The summed E-state index contributed by atoms with van der Waals surface area (Å²) in [5.41, 5.74) is 8.89. The molecule has 0 aliphatic carbocycles. The van der Waals surface area contributed by atoms with Gasteiger partial charge in [-0.25, -0.2) is 4.98 Å². The molecule has 0 aromatic carbocycles. The Kier molecular flexibility index (Phi) is 5.83. The highest BCUT2D eigenvalue weighted by molar-refractivity contribution is 6.29. The van der Waals surface area contributed by atoms with Gasteiger partial charge in [0.15, 0.2) is 0 Å². The number of nitrogens with zero attached hydrogens (tertiary/aromatic N) is 4. The van der Waals surface area contributed by atoms with E-state index < -0.39 is 0 Å². The fraction of sp³-hybridized carbons (Fsp3) is 0.368. The first-order chi connectivity index (χ1) is 12.6. The quantitative estimate of drug-likeness (QED) is 0.661. The molecule has 1 amide bonds. The van der Waals surface area contributed by atoms with Crippen LogP contribution < -0.4 is 5.73 Å². The Balaban J connectivity index is 1.69. The Bertz CT molecular complexity index is 864. The third-order valence-electron chi connectivity index (χ3n) is 4.57. The van der Waals surface area contributed by atoms with Gasteiger partial charge in [0.2, 0.25) is 5.91 Å². The summed E-state index contributed by atoms with van der Waals surface area (Å²) in [5.74, 6) is 0.521. The van der Waals surface area contributed by atoms with Crippen molar-refractivity contribution >= 4 is 40.3 Å². The van der Waals surface area contributed by atoms with Crippen LogP contribution in [0.25, 0.3) is 16.6 Å². The largest absolute Gasteiger partial charge is 0.404 e. The SMILES string of the molecule is CC(=O)N1CCCC(CN=CC(=CN)c2cnc3ccc(Cl)nc3c2)C1. The number of carbonyl (C=O) groups is 1. The first-order valence-electron chi connectivity index (χ1n) is 8.66. The molecule has 0 bridgehead atoms. The molecule has 26 heavy (non-hydrogen) atoms. The summed E-state index contributed by atoms with van der Waals surface area (Å²) < 4.78 is 0. The summed E-state index contributed by atoms with van der Waals surface area (Å²) in [6, 6.07) is 5.45. The molecule has 7 heteroatoms. The van der Waals surface area contributed by atoms with Crippen molar-refractivity contribution in [3.05, 3.63) is 41.3 Å². The van der Waals surface area contributed by atoms with E-state index in [2.05, 4.69) is 15.0 Å². The van der Waals surface area contributed by atoms with Gasteiger partial charge in [-0.2, -0.15) is 0 Å². The molecule has 1 atom stereocenters. The molecular formula is C19H22ClN5O. The molecule has 1 aliphatic rings. The predicted molar refractivity (Wildman–Crippen MR) is 105 cm³/mol. The monoisotopic (exact) mass is 371 g/mol. The number of hydrogen-bond acceptors (Lipinski definition) is 5. The zero-order valence-corrected chi connectivity index (χ0v) is 15.5. The van der Waals surface area contributed by atoms with Gasteiger partial charge in [-0.15, -0.1) is 0 Å². The van der Waals surface area contributed by atoms with Crippen LogP contribution in [-0.2, 0) is 4.79 Å². The molecule has 1 fully saturated rings. The standard InChI is InChI=1S/C19H22ClN5O/c1-13(26)25-6-2-3-14(12-25)9-22-10-16(8-21)15-7-18-17(23-11-15)4-5-19(20)24-18/h4-5,7-8,10-11,14H,2-3,6,9,12,21H2,1H3. The first-order valence-corrected chi connectivity index (χ1v) is 9.04. The third kappa shape index (κ3) is 4.38. The highest BCUT2D eigenvalue weighted by Gasteiger charge is 2.20. The molecule has 0 saturated carbocycles. The number of rotatable bonds is 4. The minimum Gasteiger partial charge on any atom is -0.404 e. The molecule has 0 radical (unpaired) electrons. The minimum atomic E-state index is 0.134. The van der Waals surface area contributed by atoms with Crippen LogP contribution in [0.1, 0.15) is 25.3 Å². The van der Waals surface area contributed by atoms with E-state index in [9.17, 15) is 4.79 Å². The summed E-state index contributed by atoms with van der Waals surface area (Å²) in [6.07, 6.45) is 7.14. The van der Waals surface area contributed by atoms with Crippen LogP contribution >= 0.6 is 11.6 Å². The van der Waals surface area contributed by atoms with E-state index in [1.54, 1.807) is 25.4 Å². The number of aliphatic imine (C=N–C) groups is 1. The van der Waals surface area contributed by atoms with Crippen molar-refractivity contribution in [2.75, 3.05) is 19.6 Å². The van der Waals surface area contributed by atoms with E-state index in [1.165, 1.54) is 6.20 Å². The van der Waals surface area contributed by atoms with E-state index in [0.717, 1.165) is 42.6 Å². The van der Waals surface area contributed by atoms with Gasteiger partial charge in [-0.1, -0.05) is 11.6 Å². The van der Waals surface area contributed by atoms with Crippen LogP contribution in [0.4, 0.5) is 0 Å². The zero-order chi connectivity index (χ0) is 18.5. The van der Waals surface area contributed by atoms with Crippen molar-refractivity contribution in [2.45, 2.75) is 19.8 Å². The van der Waals surface area contributed by atoms with Gasteiger partial charge in [0.05, 0.1) is 11.0 Å². The highest BCUT2D eigenvalue weighted by atomic mass is 35.5. The molecule has 1 saturated heterocycles. The van der Waals surface area contributed by atoms with Gasteiger partial charge in [0.25, 0.3) is 0 Å². The van der Waals surface area contributed by atoms with Gasteiger partial charge in [-0.3, -0.25) is 14.8 Å². The number of aromatic nitrogens is 2. The van der Waals surface area contributed by atoms with E-state index in [4.69, 9.17) is 17.3 Å². The third-order valence-corrected chi connectivity index (χ3v) is 4.79. The van der Waals surface area contributed by atoms with E-state index in [1.807, 2.05) is 17.0 Å². The normalized spacial score (nSPS) is 18.6. The molecule has 6 nitrogen and oxygen atoms in total. The van der Waals surface area contributed by atoms with Crippen molar-refractivity contribution in [3.8, 4) is 0 Å². The first kappa shape index (κ1) is 18.3. The molecule has 3 rings (SSSR count). The van der Waals surface area contributed by atoms with Crippen molar-refractivity contribution in [3.63, 3.8) is 0 Å². The van der Waals surface area contributed by atoms with Gasteiger partial charge >= 0.3 is 0 Å². The lowest BCUT2D eigenvalue weighted by Crippen LogP contribution is -2.39. The van der Waals surface area contributed by atoms with Crippen LogP contribution in [0.2, 0.25) is 5.15 Å². The van der Waals surface area contributed by atoms with Crippen LogP contribution in [0.3, 0.4) is 0 Å². The minimum absolute atomic E-state index is 0.134. The number of likely N-dealkylation sites (tertiary alicyclic amines) is 1. The van der Waals surface area contributed by atoms with E-state index in [-0.39, 0.29) is 5.91 Å². The smallest absolute Gasteiger partial charge is 0.219 e. The Morgan fingerprint density at radius 3 is 3.08 bits per heavy atom. The number of allylic oxidation sites excluding steroid dienone is 1. The lowest BCUT2D eigenvalue weighted by molar-refractivity contribution is -0.130. The number of nitrogens with two attached hydrogens (primary N) is 1. The van der Waals surface area contributed by atoms with Crippen molar-refractivity contribution < 1.29 is 4.79 Å². The molecule has 2 aromatic rings. The average Bonchev–Trinajstić information content (AvgIpc) is 2.65. The van der Waals surface area contributed by atoms with Crippen molar-refractivity contribution in [1.82, 2.24) is 14.9 Å². The molecule has 2 aromatic heterocycles. The molecule has 3 heterocycles. The fourth-order valence-corrected chi connectivity index (χ4v) is 3.31. The van der Waals surface area contributed by atoms with Crippen LogP contribution in [0.5, 0.6) is 0 Å². The predicted octanol–water partition coefficient (Wildman–Crippen LogP) is 2.91. The number of piperidine rings is 1. The molecule has 2 N–H and O–H groups in total.